The van der Waals surface area contributed by atoms with Gasteiger partial charge in [0.15, 0.2) is 0 Å². The van der Waals surface area contributed by atoms with Gasteiger partial charge in [-0.15, -0.1) is 6.58 Å². The molecule has 3 nitrogen and oxygen atoms in total. The summed E-state index contributed by atoms with van der Waals surface area (Å²) in [5, 5.41) is 0. The molecular weight excluding hydrogens is 393 g/mol. The first-order chi connectivity index (χ1) is 14.3. The minimum absolute atomic E-state index is 0.0305. The third-order valence-electron chi connectivity index (χ3n) is 6.67. The van der Waals surface area contributed by atoms with E-state index in [0.717, 1.165) is 56.9 Å². The maximum Gasteiger partial charge on any atom is 0.454 e. The topological polar surface area (TPSA) is 43.4 Å². The van der Waals surface area contributed by atoms with Gasteiger partial charge in [-0.1, -0.05) is 30.3 Å². The Morgan fingerprint density at radius 3 is 1.97 bits per heavy atom. The lowest BCUT2D eigenvalue weighted by Crippen LogP contribution is -2.29. The summed E-state index contributed by atoms with van der Waals surface area (Å²) in [5.41, 5.74) is 0.718. The fourth-order valence-electron chi connectivity index (χ4n) is 5.02. The number of hydrogen-bond donors (Lipinski definition) is 0. The van der Waals surface area contributed by atoms with Crippen LogP contribution in [0.25, 0.3) is 0 Å². The maximum absolute atomic E-state index is 12.6. The van der Waals surface area contributed by atoms with Crippen LogP contribution in [0.1, 0.15) is 79.6 Å². The van der Waals surface area contributed by atoms with E-state index < -0.39 is 12.0 Å². The van der Waals surface area contributed by atoms with Crippen LogP contribution < -0.4 is 0 Å². The van der Waals surface area contributed by atoms with Crippen LogP contribution in [0, 0.1) is 11.8 Å². The van der Waals surface area contributed by atoms with Gasteiger partial charge in [0, 0.05) is 5.56 Å². The lowest BCUT2D eigenvalue weighted by Gasteiger charge is -2.37. The van der Waals surface area contributed by atoms with Gasteiger partial charge in [0.1, 0.15) is 6.10 Å². The normalized spacial score (nSPS) is 27.3. The molecule has 2 fully saturated rings. The average Bonchev–Trinajstić information content (AvgIpc) is 2.73. The van der Waals surface area contributed by atoms with Gasteiger partial charge >= 0.3 is 12.1 Å². The van der Waals surface area contributed by atoms with Crippen molar-refractivity contribution in [3.05, 3.63) is 48.0 Å². The van der Waals surface area contributed by atoms with E-state index in [2.05, 4.69) is 6.58 Å². The van der Waals surface area contributed by atoms with Crippen molar-refractivity contribution in [3.8, 4) is 0 Å². The third-order valence-corrected chi connectivity index (χ3v) is 6.67. The fourth-order valence-corrected chi connectivity index (χ4v) is 5.02. The van der Waals surface area contributed by atoms with E-state index in [1.807, 2.05) is 0 Å². The number of esters is 1. The highest BCUT2D eigenvalue weighted by Gasteiger charge is 2.39. The van der Waals surface area contributed by atoms with Crippen molar-refractivity contribution >= 4 is 11.8 Å². The molecule has 2 aliphatic rings. The molecule has 0 saturated heterocycles. The molecule has 0 atom stereocenters. The molecule has 0 aliphatic heterocycles. The second-order valence-electron chi connectivity index (χ2n) is 8.58. The minimum Gasteiger partial charge on any atom is -0.462 e. The minimum atomic E-state index is -4.83. The van der Waals surface area contributed by atoms with Crippen molar-refractivity contribution in [1.82, 2.24) is 0 Å². The number of hydrogen-bond acceptors (Lipinski definition) is 3. The number of Topliss-reactive ketones (excluding diaryl/α,β-unsaturated/α-hetero) is 1. The lowest BCUT2D eigenvalue weighted by molar-refractivity contribution is -0.150. The highest BCUT2D eigenvalue weighted by molar-refractivity contribution is 6.00. The van der Waals surface area contributed by atoms with Crippen LogP contribution >= 0.6 is 0 Å². The second kappa shape index (κ2) is 9.80. The molecule has 3 rings (SSSR count). The molecule has 0 radical (unpaired) electrons. The first-order valence-corrected chi connectivity index (χ1v) is 10.8. The molecule has 0 unspecified atom stereocenters. The molecule has 6 heteroatoms. The summed E-state index contributed by atoms with van der Waals surface area (Å²) in [6.07, 6.45) is 5.28. The van der Waals surface area contributed by atoms with Gasteiger partial charge in [0.2, 0.25) is 0 Å². The Hall–Kier alpha value is -2.11. The van der Waals surface area contributed by atoms with Crippen molar-refractivity contribution < 1.29 is 27.5 Å². The first-order valence-electron chi connectivity index (χ1n) is 10.8. The van der Waals surface area contributed by atoms with Crippen molar-refractivity contribution in [3.63, 3.8) is 0 Å². The molecule has 30 heavy (non-hydrogen) atoms. The SMILES string of the molecule is C=CCC(=O)O[C@H]1CC[C@H]([C@H]2CC[C@H](c3ccc(C(=O)C(F)(F)F)cc3)CC2)CC1. The molecule has 0 heterocycles. The van der Waals surface area contributed by atoms with Crippen molar-refractivity contribution in [2.45, 2.75) is 76.0 Å². The molecule has 164 valence electrons. The lowest BCUT2D eigenvalue weighted by atomic mass is 9.69. The van der Waals surface area contributed by atoms with E-state index in [1.165, 1.54) is 12.1 Å². The van der Waals surface area contributed by atoms with Gasteiger partial charge in [0.25, 0.3) is 5.78 Å². The zero-order valence-electron chi connectivity index (χ0n) is 17.1. The van der Waals surface area contributed by atoms with E-state index in [-0.39, 0.29) is 24.1 Å². The van der Waals surface area contributed by atoms with Crippen LogP contribution in [0.3, 0.4) is 0 Å². The van der Waals surface area contributed by atoms with E-state index in [1.54, 1.807) is 18.2 Å². The van der Waals surface area contributed by atoms with E-state index in [4.69, 9.17) is 4.74 Å². The highest BCUT2D eigenvalue weighted by Crippen LogP contribution is 2.43. The number of ketones is 1. The summed E-state index contributed by atoms with van der Waals surface area (Å²) >= 11 is 0. The highest BCUT2D eigenvalue weighted by atomic mass is 19.4. The van der Waals surface area contributed by atoms with E-state index in [9.17, 15) is 22.8 Å². The summed E-state index contributed by atoms with van der Waals surface area (Å²) in [6, 6.07) is 5.94. The Kier molecular flexibility index (Phi) is 7.37. The Morgan fingerprint density at radius 2 is 1.47 bits per heavy atom. The standard InChI is InChI=1S/C24H29F3O3/c1-2-3-22(28)30-21-14-12-19(13-15-21)17-6-4-16(5-7-17)18-8-10-20(11-9-18)23(29)24(25,26)27/h2,8-11,16-17,19,21H,1,3-7,12-15H2/t16-,17-,19-,21-. The largest absolute Gasteiger partial charge is 0.462 e. The molecule has 0 N–H and O–H groups in total. The molecule has 1 aromatic rings. The van der Waals surface area contributed by atoms with Crippen LogP contribution in [0.2, 0.25) is 0 Å². The van der Waals surface area contributed by atoms with Crippen molar-refractivity contribution in [2.75, 3.05) is 0 Å². The molecule has 2 aliphatic carbocycles. The number of alkyl halides is 3. The van der Waals surface area contributed by atoms with Crippen molar-refractivity contribution in [2.24, 2.45) is 11.8 Å². The van der Waals surface area contributed by atoms with Gasteiger partial charge in [0.05, 0.1) is 6.42 Å². The molecular formula is C24H29F3O3. The predicted molar refractivity (Wildman–Crippen MR) is 108 cm³/mol. The zero-order valence-corrected chi connectivity index (χ0v) is 17.1. The van der Waals surface area contributed by atoms with E-state index in [0.29, 0.717) is 17.8 Å². The van der Waals surface area contributed by atoms with Gasteiger partial charge in [-0.2, -0.15) is 13.2 Å². The monoisotopic (exact) mass is 422 g/mol. The number of ether oxygens (including phenoxy) is 1. The zero-order chi connectivity index (χ0) is 21.7. The fraction of sp³-hybridized carbons (Fsp3) is 0.583. The molecule has 0 bridgehead atoms. The Morgan fingerprint density at radius 1 is 0.933 bits per heavy atom. The van der Waals surface area contributed by atoms with Crippen LogP contribution in [-0.4, -0.2) is 24.0 Å². The number of carbonyl (C=O) groups excluding carboxylic acids is 2. The smallest absolute Gasteiger partial charge is 0.454 e. The number of rotatable bonds is 6. The van der Waals surface area contributed by atoms with Gasteiger partial charge in [-0.05, 0) is 74.7 Å². The van der Waals surface area contributed by atoms with Gasteiger partial charge in [-0.25, -0.2) is 0 Å². The summed E-state index contributed by atoms with van der Waals surface area (Å²) in [4.78, 5) is 22.9. The van der Waals surface area contributed by atoms with Gasteiger partial charge in [-0.3, -0.25) is 9.59 Å². The molecule has 0 amide bonds. The molecule has 2 saturated carbocycles. The predicted octanol–water partition coefficient (Wildman–Crippen LogP) is 6.38. The Balaban J connectivity index is 1.46. The number of carbonyl (C=O) groups is 2. The van der Waals surface area contributed by atoms with Gasteiger partial charge < -0.3 is 4.74 Å². The average molecular weight is 422 g/mol. The molecule has 1 aromatic carbocycles. The Labute approximate surface area is 175 Å². The first kappa shape index (κ1) is 22.6. The summed E-state index contributed by atoms with van der Waals surface area (Å²) < 4.78 is 43.1. The van der Waals surface area contributed by atoms with E-state index >= 15 is 0 Å². The maximum atomic E-state index is 12.6. The van der Waals surface area contributed by atoms with Crippen molar-refractivity contribution in [1.29, 1.82) is 0 Å². The van der Waals surface area contributed by atoms with Crippen LogP contribution in [-0.2, 0) is 9.53 Å². The van der Waals surface area contributed by atoms with Crippen LogP contribution in [0.15, 0.2) is 36.9 Å². The number of benzene rings is 1. The quantitative estimate of drug-likeness (QED) is 0.303. The summed E-state index contributed by atoms with van der Waals surface area (Å²) in [6.45, 7) is 3.56. The number of halogens is 3. The summed E-state index contributed by atoms with van der Waals surface area (Å²) in [7, 11) is 0. The van der Waals surface area contributed by atoms with Crippen LogP contribution in [0.5, 0.6) is 0 Å². The third kappa shape index (κ3) is 5.73. The Bertz CT molecular complexity index is 738. The molecule has 0 aromatic heterocycles. The van der Waals surface area contributed by atoms with Crippen LogP contribution in [0.4, 0.5) is 13.2 Å². The second-order valence-corrected chi connectivity index (χ2v) is 8.58. The molecule has 0 spiro atoms. The summed E-state index contributed by atoms with van der Waals surface area (Å²) in [5.74, 6) is -0.322.